The molecule has 26 heavy (non-hydrogen) atoms. The van der Waals surface area contributed by atoms with E-state index < -0.39 is 4.92 Å². The Morgan fingerprint density at radius 2 is 2.00 bits per heavy atom. The summed E-state index contributed by atoms with van der Waals surface area (Å²) < 4.78 is 0. The number of carbonyl (C=O) groups is 1. The van der Waals surface area contributed by atoms with Crippen molar-refractivity contribution in [2.45, 2.75) is 6.04 Å². The molecule has 1 heterocycles. The normalized spacial score (nSPS) is 12.3. The number of nitrogens with one attached hydrogen (secondary N) is 2. The molecule has 2 N–H and O–H groups in total. The molecule has 0 bridgehead atoms. The van der Waals surface area contributed by atoms with Crippen LogP contribution in [0, 0.1) is 10.1 Å². The van der Waals surface area contributed by atoms with Crippen LogP contribution in [0.1, 0.15) is 22.1 Å². The monoisotopic (exact) mass is 353 g/mol. The maximum atomic E-state index is 12.6. The molecular formula is C18H19N5O3. The molecule has 134 valence electrons. The second kappa shape index (κ2) is 7.32. The molecule has 2 aromatic carbocycles. The number of hydrogen-bond donors (Lipinski definition) is 2. The van der Waals surface area contributed by atoms with Gasteiger partial charge < -0.3 is 10.2 Å². The van der Waals surface area contributed by atoms with E-state index >= 15 is 0 Å². The van der Waals surface area contributed by atoms with Crippen molar-refractivity contribution in [3.8, 4) is 0 Å². The van der Waals surface area contributed by atoms with Crippen LogP contribution in [0.5, 0.6) is 0 Å². The van der Waals surface area contributed by atoms with E-state index in [-0.39, 0.29) is 23.3 Å². The van der Waals surface area contributed by atoms with Gasteiger partial charge in [0.05, 0.1) is 16.5 Å². The molecule has 3 rings (SSSR count). The van der Waals surface area contributed by atoms with Gasteiger partial charge in [0, 0.05) is 24.1 Å². The fourth-order valence-corrected chi connectivity index (χ4v) is 2.84. The summed E-state index contributed by atoms with van der Waals surface area (Å²) >= 11 is 0. The van der Waals surface area contributed by atoms with E-state index in [4.69, 9.17) is 0 Å². The predicted molar refractivity (Wildman–Crippen MR) is 98.0 cm³/mol. The van der Waals surface area contributed by atoms with E-state index in [0.29, 0.717) is 17.4 Å². The minimum atomic E-state index is -0.494. The average molecular weight is 353 g/mol. The number of rotatable bonds is 6. The molecule has 0 aliphatic carbocycles. The number of fused-ring (bicyclic) bond motifs is 1. The third kappa shape index (κ3) is 3.55. The molecular weight excluding hydrogens is 334 g/mol. The second-order valence-corrected chi connectivity index (χ2v) is 6.16. The Hall–Kier alpha value is -3.26. The molecule has 0 saturated heterocycles. The minimum Gasteiger partial charge on any atom is -0.349 e. The third-order valence-electron chi connectivity index (χ3n) is 4.24. The zero-order valence-corrected chi connectivity index (χ0v) is 14.5. The van der Waals surface area contributed by atoms with Crippen LogP contribution in [0.2, 0.25) is 0 Å². The van der Waals surface area contributed by atoms with Crippen LogP contribution in [0.25, 0.3) is 10.9 Å². The summed E-state index contributed by atoms with van der Waals surface area (Å²) in [6.07, 6.45) is 0. The summed E-state index contributed by atoms with van der Waals surface area (Å²) in [5.74, 6) is -0.375. The molecule has 0 fully saturated rings. The van der Waals surface area contributed by atoms with Crippen molar-refractivity contribution < 1.29 is 9.72 Å². The van der Waals surface area contributed by atoms with Crippen molar-refractivity contribution >= 4 is 22.5 Å². The molecule has 0 aliphatic rings. The van der Waals surface area contributed by atoms with Gasteiger partial charge in [0.1, 0.15) is 0 Å². The molecule has 0 spiro atoms. The van der Waals surface area contributed by atoms with Crippen LogP contribution in [0.15, 0.2) is 48.5 Å². The number of H-pyrrole nitrogens is 1. The van der Waals surface area contributed by atoms with Crippen molar-refractivity contribution in [3.63, 3.8) is 0 Å². The van der Waals surface area contributed by atoms with Crippen molar-refractivity contribution in [3.05, 3.63) is 69.9 Å². The fourth-order valence-electron chi connectivity index (χ4n) is 2.84. The van der Waals surface area contributed by atoms with Crippen LogP contribution in [0.3, 0.4) is 0 Å². The molecule has 0 saturated carbocycles. The smallest absolute Gasteiger partial charge is 0.272 e. The van der Waals surface area contributed by atoms with E-state index in [2.05, 4.69) is 15.5 Å². The van der Waals surface area contributed by atoms with Gasteiger partial charge in [-0.2, -0.15) is 5.10 Å². The average Bonchev–Trinajstić information content (AvgIpc) is 3.05. The number of aromatic nitrogens is 2. The first-order chi connectivity index (χ1) is 12.5. The summed E-state index contributed by atoms with van der Waals surface area (Å²) in [5, 5.41) is 21.0. The topological polar surface area (TPSA) is 104 Å². The standard InChI is InChI=1S/C18H19N5O3/c1-22(2)16(12-6-4-3-5-7-12)11-19-18(24)17-14-10-13(23(25)26)8-9-15(14)20-21-17/h3-10,16H,11H2,1-2H3,(H,19,24)(H,20,21). The number of benzene rings is 2. The van der Waals surface area contributed by atoms with E-state index in [9.17, 15) is 14.9 Å². The van der Waals surface area contributed by atoms with Gasteiger partial charge in [0.15, 0.2) is 5.69 Å². The molecule has 1 atom stereocenters. The van der Waals surface area contributed by atoms with E-state index in [1.54, 1.807) is 6.07 Å². The van der Waals surface area contributed by atoms with Crippen molar-refractivity contribution in [2.24, 2.45) is 0 Å². The zero-order valence-electron chi connectivity index (χ0n) is 14.5. The predicted octanol–water partition coefficient (Wildman–Crippen LogP) is 2.50. The minimum absolute atomic E-state index is 0.000285. The third-order valence-corrected chi connectivity index (χ3v) is 4.24. The van der Waals surface area contributed by atoms with Gasteiger partial charge in [-0.3, -0.25) is 20.0 Å². The lowest BCUT2D eigenvalue weighted by molar-refractivity contribution is -0.384. The zero-order chi connectivity index (χ0) is 18.7. The molecule has 1 unspecified atom stereocenters. The molecule has 1 aromatic heterocycles. The van der Waals surface area contributed by atoms with Crippen molar-refractivity contribution in [2.75, 3.05) is 20.6 Å². The van der Waals surface area contributed by atoms with Crippen LogP contribution >= 0.6 is 0 Å². The molecule has 8 heteroatoms. The van der Waals surface area contributed by atoms with Crippen LogP contribution in [-0.2, 0) is 0 Å². The van der Waals surface area contributed by atoms with Gasteiger partial charge in [-0.25, -0.2) is 0 Å². The lowest BCUT2D eigenvalue weighted by Gasteiger charge is -2.25. The van der Waals surface area contributed by atoms with Gasteiger partial charge in [0.2, 0.25) is 0 Å². The molecule has 3 aromatic rings. The highest BCUT2D eigenvalue weighted by molar-refractivity contribution is 6.05. The highest BCUT2D eigenvalue weighted by Gasteiger charge is 2.20. The molecule has 0 aliphatic heterocycles. The number of nitro benzene ring substituents is 1. The number of hydrogen-bond acceptors (Lipinski definition) is 5. The summed E-state index contributed by atoms with van der Waals surface area (Å²) in [7, 11) is 3.88. The molecule has 8 nitrogen and oxygen atoms in total. The second-order valence-electron chi connectivity index (χ2n) is 6.16. The SMILES string of the molecule is CN(C)C(CNC(=O)c1n[nH]c2ccc([N+](=O)[O-])cc12)c1ccccc1. The largest absolute Gasteiger partial charge is 0.349 e. The first kappa shape index (κ1) is 17.6. The number of nitrogens with zero attached hydrogens (tertiary/aromatic N) is 3. The fraction of sp³-hybridized carbons (Fsp3) is 0.222. The Bertz CT molecular complexity index is 936. The summed E-state index contributed by atoms with van der Waals surface area (Å²) in [6, 6.07) is 14.1. The maximum Gasteiger partial charge on any atom is 0.272 e. The molecule has 0 radical (unpaired) electrons. The summed E-state index contributed by atoms with van der Waals surface area (Å²) in [4.78, 5) is 25.1. The van der Waals surface area contributed by atoms with Crippen LogP contribution < -0.4 is 5.32 Å². The maximum absolute atomic E-state index is 12.6. The number of non-ortho nitro benzene ring substituents is 1. The molecule has 1 amide bonds. The van der Waals surface area contributed by atoms with Gasteiger partial charge in [-0.1, -0.05) is 30.3 Å². The number of aromatic amines is 1. The van der Waals surface area contributed by atoms with E-state index in [1.807, 2.05) is 49.3 Å². The van der Waals surface area contributed by atoms with Crippen LogP contribution in [-0.4, -0.2) is 46.6 Å². The lowest BCUT2D eigenvalue weighted by atomic mass is 10.1. The number of likely N-dealkylation sites (N-methyl/N-ethyl adjacent to an activating group) is 1. The van der Waals surface area contributed by atoms with Gasteiger partial charge in [0.25, 0.3) is 11.6 Å². The van der Waals surface area contributed by atoms with Gasteiger partial charge in [-0.05, 0) is 25.7 Å². The first-order valence-electron chi connectivity index (χ1n) is 8.09. The highest BCUT2D eigenvalue weighted by atomic mass is 16.6. The van der Waals surface area contributed by atoms with Crippen molar-refractivity contribution in [1.82, 2.24) is 20.4 Å². The number of nitro groups is 1. The number of amides is 1. The van der Waals surface area contributed by atoms with E-state index in [1.165, 1.54) is 12.1 Å². The first-order valence-corrected chi connectivity index (χ1v) is 8.09. The van der Waals surface area contributed by atoms with E-state index in [0.717, 1.165) is 5.56 Å². The number of carbonyl (C=O) groups excluding carboxylic acids is 1. The quantitative estimate of drug-likeness (QED) is 0.523. The Morgan fingerprint density at radius 3 is 2.65 bits per heavy atom. The van der Waals surface area contributed by atoms with Crippen molar-refractivity contribution in [1.29, 1.82) is 0 Å². The Labute approximate surface area is 150 Å². The Balaban J connectivity index is 1.80. The summed E-state index contributed by atoms with van der Waals surface area (Å²) in [6.45, 7) is 0.388. The van der Waals surface area contributed by atoms with Gasteiger partial charge in [-0.15, -0.1) is 0 Å². The lowest BCUT2D eigenvalue weighted by Crippen LogP contribution is -2.34. The van der Waals surface area contributed by atoms with Crippen LogP contribution in [0.4, 0.5) is 5.69 Å². The Morgan fingerprint density at radius 1 is 1.27 bits per heavy atom. The van der Waals surface area contributed by atoms with Gasteiger partial charge >= 0.3 is 0 Å². The highest BCUT2D eigenvalue weighted by Crippen LogP contribution is 2.22. The summed E-state index contributed by atoms with van der Waals surface area (Å²) in [5.41, 5.74) is 1.73. The Kier molecular flexibility index (Phi) is 4.94.